The Bertz CT molecular complexity index is 1550. The lowest BCUT2D eigenvalue weighted by molar-refractivity contribution is -0.117. The summed E-state index contributed by atoms with van der Waals surface area (Å²) in [6, 6.07) is 9.56. The van der Waals surface area contributed by atoms with Crippen LogP contribution in [-0.2, 0) is 11.3 Å². The number of nitrogens with zero attached hydrogens (tertiary/aromatic N) is 3. The number of Topliss-reactive ketones (excluding diaryl/α,β-unsaturated/α-hetero) is 1. The minimum atomic E-state index is -0.717. The average molecular weight is 526 g/mol. The van der Waals surface area contributed by atoms with Crippen molar-refractivity contribution in [2.45, 2.75) is 26.3 Å². The Morgan fingerprint density at radius 1 is 1.08 bits per heavy atom. The summed E-state index contributed by atoms with van der Waals surface area (Å²) in [5.41, 5.74) is 0.541. The van der Waals surface area contributed by atoms with E-state index in [4.69, 9.17) is 11.6 Å². The van der Waals surface area contributed by atoms with Gasteiger partial charge in [-0.1, -0.05) is 30.7 Å². The van der Waals surface area contributed by atoms with Crippen LogP contribution in [0.15, 0.2) is 48.7 Å². The van der Waals surface area contributed by atoms with E-state index in [0.29, 0.717) is 5.56 Å². The van der Waals surface area contributed by atoms with E-state index in [1.165, 1.54) is 61.1 Å². The number of aromatic nitrogens is 3. The molecule has 1 atom stereocenters. The smallest absolute Gasteiger partial charge is 0.287 e. The van der Waals surface area contributed by atoms with Crippen LogP contribution in [0, 0.1) is 11.6 Å². The van der Waals surface area contributed by atoms with Crippen molar-refractivity contribution in [2.75, 3.05) is 12.4 Å². The highest BCUT2D eigenvalue weighted by molar-refractivity contribution is 6.31. The molecule has 190 valence electrons. The molecule has 0 radical (unpaired) electrons. The van der Waals surface area contributed by atoms with E-state index in [1.54, 1.807) is 13.0 Å². The predicted molar refractivity (Wildman–Crippen MR) is 135 cm³/mol. The number of fused-ring (bicyclic) bond motifs is 1. The maximum absolute atomic E-state index is 14.3. The molecule has 2 N–H and O–H groups in total. The number of benzene rings is 2. The third-order valence-corrected chi connectivity index (χ3v) is 6.20. The van der Waals surface area contributed by atoms with Crippen LogP contribution in [0.3, 0.4) is 0 Å². The predicted octanol–water partition coefficient (Wildman–Crippen LogP) is 4.72. The van der Waals surface area contributed by atoms with Gasteiger partial charge in [0, 0.05) is 35.0 Å². The zero-order chi connectivity index (χ0) is 26.9. The molecule has 0 aliphatic heterocycles. The van der Waals surface area contributed by atoms with Gasteiger partial charge >= 0.3 is 0 Å². The van der Waals surface area contributed by atoms with Crippen molar-refractivity contribution < 1.29 is 23.2 Å². The van der Waals surface area contributed by atoms with Crippen LogP contribution in [0.2, 0.25) is 5.02 Å². The molecule has 0 saturated heterocycles. The van der Waals surface area contributed by atoms with Gasteiger partial charge in [-0.15, -0.1) is 0 Å². The number of anilines is 1. The largest absolute Gasteiger partial charge is 0.352 e. The molecule has 0 spiro atoms. The Labute approximate surface area is 215 Å². The number of hydrogen-bond acceptors (Lipinski definition) is 5. The Balaban J connectivity index is 1.89. The van der Waals surface area contributed by atoms with Crippen LogP contribution < -0.4 is 10.6 Å². The molecule has 0 unspecified atom stereocenters. The molecule has 2 amide bonds. The number of imidazole rings is 1. The van der Waals surface area contributed by atoms with Gasteiger partial charge in [0.2, 0.25) is 5.82 Å². The van der Waals surface area contributed by atoms with Gasteiger partial charge in [-0.2, -0.15) is 0 Å². The van der Waals surface area contributed by atoms with Crippen LogP contribution in [0.25, 0.3) is 10.8 Å². The van der Waals surface area contributed by atoms with E-state index in [0.717, 1.165) is 0 Å². The molecular weight excluding hydrogens is 504 g/mol. The lowest BCUT2D eigenvalue weighted by Crippen LogP contribution is -2.25. The first-order valence-corrected chi connectivity index (χ1v) is 11.6. The molecule has 0 aliphatic carbocycles. The molecule has 37 heavy (non-hydrogen) atoms. The lowest BCUT2D eigenvalue weighted by atomic mass is 9.96. The number of nitrogens with one attached hydrogen (secondary N) is 2. The number of pyridine rings is 1. The van der Waals surface area contributed by atoms with E-state index in [2.05, 4.69) is 20.6 Å². The maximum atomic E-state index is 14.3. The number of halogens is 3. The van der Waals surface area contributed by atoms with Crippen molar-refractivity contribution in [3.63, 3.8) is 0 Å². The topological polar surface area (TPSA) is 106 Å². The maximum Gasteiger partial charge on any atom is 0.287 e. The van der Waals surface area contributed by atoms with Crippen molar-refractivity contribution in [1.29, 1.82) is 0 Å². The molecule has 11 heteroatoms. The number of hydrogen-bond donors (Lipinski definition) is 2. The molecule has 0 aliphatic rings. The van der Waals surface area contributed by atoms with Crippen molar-refractivity contribution in [1.82, 2.24) is 19.9 Å². The van der Waals surface area contributed by atoms with Gasteiger partial charge in [0.25, 0.3) is 11.8 Å². The molecule has 4 rings (SSSR count). The quantitative estimate of drug-likeness (QED) is 0.363. The Morgan fingerprint density at radius 2 is 1.84 bits per heavy atom. The molecule has 0 fully saturated rings. The second kappa shape index (κ2) is 10.4. The molecule has 4 aromatic rings. The molecule has 8 nitrogen and oxygen atoms in total. The fourth-order valence-electron chi connectivity index (χ4n) is 4.17. The second-order valence-electron chi connectivity index (χ2n) is 8.37. The van der Waals surface area contributed by atoms with Gasteiger partial charge in [0.05, 0.1) is 12.2 Å². The summed E-state index contributed by atoms with van der Waals surface area (Å²) in [7, 11) is 1.40. The van der Waals surface area contributed by atoms with E-state index in [9.17, 15) is 23.2 Å². The second-order valence-corrected chi connectivity index (χ2v) is 8.78. The standard InChI is InChI=1S/C26H22ClF2N5O3/c1-13(35)12-34-22(14(2)18-11-15(28)7-8-19(18)27)23(32-24(34)26(37)30-3)33-25(36)21-17-5-4-6-20(29)16(17)9-10-31-21/h4-11,14H,12H2,1-3H3,(H,30,37)(H,33,36)/t14-/m0/s1. The summed E-state index contributed by atoms with van der Waals surface area (Å²) in [4.78, 5) is 46.6. The fourth-order valence-corrected chi connectivity index (χ4v) is 4.46. The van der Waals surface area contributed by atoms with Crippen LogP contribution in [0.5, 0.6) is 0 Å². The summed E-state index contributed by atoms with van der Waals surface area (Å²) in [6.07, 6.45) is 1.31. The minimum Gasteiger partial charge on any atom is -0.352 e. The number of ketones is 1. The summed E-state index contributed by atoms with van der Waals surface area (Å²) in [6.45, 7) is 2.78. The number of carbonyl (C=O) groups excluding carboxylic acids is 3. The first kappa shape index (κ1) is 25.9. The lowest BCUT2D eigenvalue weighted by Gasteiger charge is -2.19. The Morgan fingerprint density at radius 3 is 2.54 bits per heavy atom. The fraction of sp³-hybridized carbons (Fsp3) is 0.192. The van der Waals surface area contributed by atoms with E-state index >= 15 is 0 Å². The zero-order valence-electron chi connectivity index (χ0n) is 20.1. The van der Waals surface area contributed by atoms with Gasteiger partial charge in [-0.3, -0.25) is 19.4 Å². The van der Waals surface area contributed by atoms with Gasteiger partial charge in [-0.25, -0.2) is 13.8 Å². The Kier molecular flexibility index (Phi) is 7.30. The van der Waals surface area contributed by atoms with E-state index in [1.807, 2.05) is 0 Å². The van der Waals surface area contributed by atoms with Gasteiger partial charge in [-0.05, 0) is 42.8 Å². The van der Waals surface area contributed by atoms with Crippen molar-refractivity contribution in [3.05, 3.63) is 88.1 Å². The zero-order valence-corrected chi connectivity index (χ0v) is 20.9. The minimum absolute atomic E-state index is 0.0483. The van der Waals surface area contributed by atoms with Gasteiger partial charge in [0.1, 0.15) is 23.1 Å². The molecular formula is C26H22ClF2N5O3. The molecule has 2 heterocycles. The number of amides is 2. The number of rotatable bonds is 7. The van der Waals surface area contributed by atoms with E-state index < -0.39 is 29.4 Å². The highest BCUT2D eigenvalue weighted by Gasteiger charge is 2.29. The summed E-state index contributed by atoms with van der Waals surface area (Å²) < 4.78 is 29.8. The Hall–Kier alpha value is -4.18. The third kappa shape index (κ3) is 5.05. The van der Waals surface area contributed by atoms with Crippen molar-refractivity contribution >= 4 is 45.8 Å². The summed E-state index contributed by atoms with van der Waals surface area (Å²) >= 11 is 6.35. The van der Waals surface area contributed by atoms with Crippen LogP contribution in [0.1, 0.15) is 52.1 Å². The van der Waals surface area contributed by atoms with Crippen molar-refractivity contribution in [2.24, 2.45) is 0 Å². The molecule has 2 aromatic heterocycles. The first-order chi connectivity index (χ1) is 17.6. The summed E-state index contributed by atoms with van der Waals surface area (Å²) in [5.74, 6) is -3.56. The normalized spacial score (nSPS) is 11.8. The highest BCUT2D eigenvalue weighted by Crippen LogP contribution is 2.35. The van der Waals surface area contributed by atoms with E-state index in [-0.39, 0.29) is 51.2 Å². The van der Waals surface area contributed by atoms with Crippen LogP contribution >= 0.6 is 11.6 Å². The van der Waals surface area contributed by atoms with Crippen molar-refractivity contribution in [3.8, 4) is 0 Å². The monoisotopic (exact) mass is 525 g/mol. The van der Waals surface area contributed by atoms with Crippen LogP contribution in [0.4, 0.5) is 14.6 Å². The molecule has 0 saturated carbocycles. The number of carbonyl (C=O) groups is 3. The average Bonchev–Trinajstić information content (AvgIpc) is 3.21. The first-order valence-electron chi connectivity index (χ1n) is 11.2. The van der Waals surface area contributed by atoms with Gasteiger partial charge < -0.3 is 15.2 Å². The molecule has 2 aromatic carbocycles. The SMILES string of the molecule is CNC(=O)c1nc(NC(=O)c2nccc3c(F)cccc23)c([C@@H](C)c2cc(F)ccc2Cl)n1CC(C)=O. The third-order valence-electron chi connectivity index (χ3n) is 5.85. The molecule has 0 bridgehead atoms. The van der Waals surface area contributed by atoms with Gasteiger partial charge in [0.15, 0.2) is 5.82 Å². The van der Waals surface area contributed by atoms with Crippen LogP contribution in [-0.4, -0.2) is 39.2 Å². The highest BCUT2D eigenvalue weighted by atomic mass is 35.5. The summed E-state index contributed by atoms with van der Waals surface area (Å²) in [5, 5.41) is 5.84.